The van der Waals surface area contributed by atoms with Crippen molar-refractivity contribution in [2.75, 3.05) is 25.1 Å². The van der Waals surface area contributed by atoms with Crippen LogP contribution in [0.5, 0.6) is 0 Å². The van der Waals surface area contributed by atoms with Gasteiger partial charge < -0.3 is 10.0 Å². The Bertz CT molecular complexity index is 368. The van der Waals surface area contributed by atoms with Gasteiger partial charge in [0, 0.05) is 25.8 Å². The molecule has 0 unspecified atom stereocenters. The maximum atomic E-state index is 13.6. The summed E-state index contributed by atoms with van der Waals surface area (Å²) in [5, 5.41) is 8.65. The third kappa shape index (κ3) is 3.82. The van der Waals surface area contributed by atoms with Gasteiger partial charge in [0.15, 0.2) is 6.29 Å². The number of carbonyl (C=O) groups excluding carboxylic acids is 1. The molecule has 0 amide bonds. The van der Waals surface area contributed by atoms with Gasteiger partial charge in [0.1, 0.15) is 5.82 Å². The van der Waals surface area contributed by atoms with E-state index in [1.807, 2.05) is 0 Å². The Hall–Kier alpha value is -1.42. The van der Waals surface area contributed by atoms with Crippen molar-refractivity contribution >= 4 is 12.0 Å². The number of benzene rings is 1. The molecule has 0 saturated carbocycles. The van der Waals surface area contributed by atoms with Crippen molar-refractivity contribution < 1.29 is 14.3 Å². The van der Waals surface area contributed by atoms with E-state index in [0.717, 1.165) is 19.3 Å². The fourth-order valence-corrected chi connectivity index (χ4v) is 1.78. The maximum absolute atomic E-state index is 13.6. The number of para-hydroxylation sites is 1. The number of aliphatic hydroxyl groups excluding tert-OH is 1. The lowest BCUT2D eigenvalue weighted by molar-refractivity contribution is 0.112. The third-order valence-corrected chi connectivity index (χ3v) is 2.68. The first-order chi connectivity index (χ1) is 8.20. The largest absolute Gasteiger partial charge is 0.396 e. The fraction of sp³-hybridized carbons (Fsp3) is 0.462. The van der Waals surface area contributed by atoms with Gasteiger partial charge >= 0.3 is 0 Å². The van der Waals surface area contributed by atoms with Gasteiger partial charge in [0.25, 0.3) is 0 Å². The van der Waals surface area contributed by atoms with Gasteiger partial charge in [-0.25, -0.2) is 4.39 Å². The van der Waals surface area contributed by atoms with Gasteiger partial charge in [0.05, 0.1) is 5.69 Å². The minimum absolute atomic E-state index is 0.184. The van der Waals surface area contributed by atoms with Crippen LogP contribution in [-0.2, 0) is 0 Å². The van der Waals surface area contributed by atoms with Crippen molar-refractivity contribution in [2.24, 2.45) is 0 Å². The molecule has 0 fully saturated rings. The summed E-state index contributed by atoms with van der Waals surface area (Å²) in [6, 6.07) is 4.49. The van der Waals surface area contributed by atoms with Gasteiger partial charge in [0.2, 0.25) is 0 Å². The number of halogens is 1. The highest BCUT2D eigenvalue weighted by molar-refractivity contribution is 5.84. The van der Waals surface area contributed by atoms with Gasteiger partial charge in [-0.1, -0.05) is 6.07 Å². The first-order valence-electron chi connectivity index (χ1n) is 5.76. The van der Waals surface area contributed by atoms with Crippen LogP contribution in [0.25, 0.3) is 0 Å². The fourth-order valence-electron chi connectivity index (χ4n) is 1.78. The van der Waals surface area contributed by atoms with Crippen LogP contribution >= 0.6 is 0 Å². The van der Waals surface area contributed by atoms with Crippen molar-refractivity contribution in [3.8, 4) is 0 Å². The lowest BCUT2D eigenvalue weighted by Gasteiger charge is -2.21. The zero-order valence-corrected chi connectivity index (χ0v) is 10.0. The smallest absolute Gasteiger partial charge is 0.152 e. The first-order valence-corrected chi connectivity index (χ1v) is 5.76. The van der Waals surface area contributed by atoms with Crippen LogP contribution in [0.1, 0.15) is 29.6 Å². The van der Waals surface area contributed by atoms with Crippen molar-refractivity contribution in [3.63, 3.8) is 0 Å². The number of rotatable bonds is 7. The highest BCUT2D eigenvalue weighted by atomic mass is 19.1. The van der Waals surface area contributed by atoms with Crippen LogP contribution in [0, 0.1) is 5.82 Å². The van der Waals surface area contributed by atoms with Crippen LogP contribution < -0.4 is 4.90 Å². The summed E-state index contributed by atoms with van der Waals surface area (Å²) < 4.78 is 13.6. The van der Waals surface area contributed by atoms with Gasteiger partial charge in [-0.3, -0.25) is 4.79 Å². The number of anilines is 1. The molecular formula is C13H18FNO2. The molecule has 0 aliphatic rings. The Labute approximate surface area is 101 Å². The molecule has 17 heavy (non-hydrogen) atoms. The zero-order chi connectivity index (χ0) is 12.7. The number of hydrogen-bond acceptors (Lipinski definition) is 3. The van der Waals surface area contributed by atoms with E-state index in [0.29, 0.717) is 24.1 Å². The summed E-state index contributed by atoms with van der Waals surface area (Å²) in [6.45, 7) is 0.852. The van der Waals surface area contributed by atoms with Crippen LogP contribution in [0.2, 0.25) is 0 Å². The number of aldehydes is 1. The van der Waals surface area contributed by atoms with E-state index in [1.165, 1.54) is 12.1 Å². The predicted molar refractivity (Wildman–Crippen MR) is 66.0 cm³/mol. The monoisotopic (exact) mass is 239 g/mol. The number of unbranched alkanes of at least 4 members (excludes halogenated alkanes) is 2. The minimum Gasteiger partial charge on any atom is -0.396 e. The number of nitrogens with zero attached hydrogens (tertiary/aromatic N) is 1. The molecule has 0 atom stereocenters. The summed E-state index contributed by atoms with van der Waals surface area (Å²) in [5.41, 5.74) is 0.723. The highest BCUT2D eigenvalue weighted by Gasteiger charge is 2.11. The van der Waals surface area contributed by atoms with Crippen LogP contribution in [0.4, 0.5) is 10.1 Å². The van der Waals surface area contributed by atoms with Crippen molar-refractivity contribution in [3.05, 3.63) is 29.6 Å². The molecule has 0 radical (unpaired) electrons. The van der Waals surface area contributed by atoms with Gasteiger partial charge in [-0.05, 0) is 31.4 Å². The Morgan fingerprint density at radius 3 is 2.76 bits per heavy atom. The normalized spacial score (nSPS) is 10.3. The topological polar surface area (TPSA) is 40.5 Å². The second-order valence-corrected chi connectivity index (χ2v) is 4.00. The average Bonchev–Trinajstić information content (AvgIpc) is 2.34. The molecule has 0 aliphatic heterocycles. The molecule has 0 saturated heterocycles. The SMILES string of the molecule is CN(CCCCCO)c1c(F)cccc1C=O. The summed E-state index contributed by atoms with van der Waals surface area (Å²) in [6.07, 6.45) is 3.18. The van der Waals surface area contributed by atoms with E-state index in [9.17, 15) is 9.18 Å². The molecule has 1 aromatic rings. The number of hydrogen-bond donors (Lipinski definition) is 1. The second-order valence-electron chi connectivity index (χ2n) is 4.00. The van der Waals surface area contributed by atoms with Crippen molar-refractivity contribution in [1.29, 1.82) is 0 Å². The minimum atomic E-state index is -0.376. The number of aliphatic hydroxyl groups is 1. The summed E-state index contributed by atoms with van der Waals surface area (Å²) >= 11 is 0. The van der Waals surface area contributed by atoms with Crippen molar-refractivity contribution in [2.45, 2.75) is 19.3 Å². The van der Waals surface area contributed by atoms with E-state index in [-0.39, 0.29) is 12.4 Å². The van der Waals surface area contributed by atoms with E-state index >= 15 is 0 Å². The van der Waals surface area contributed by atoms with E-state index < -0.39 is 0 Å². The van der Waals surface area contributed by atoms with Crippen LogP contribution in [-0.4, -0.2) is 31.6 Å². The van der Waals surface area contributed by atoms with E-state index in [2.05, 4.69) is 0 Å². The molecule has 0 aliphatic carbocycles. The molecule has 0 heterocycles. The Morgan fingerprint density at radius 1 is 1.35 bits per heavy atom. The molecule has 0 aromatic heterocycles. The second kappa shape index (κ2) is 7.01. The molecule has 1 aromatic carbocycles. The Kier molecular flexibility index (Phi) is 5.63. The van der Waals surface area contributed by atoms with Crippen LogP contribution in [0.15, 0.2) is 18.2 Å². The molecular weight excluding hydrogens is 221 g/mol. The lowest BCUT2D eigenvalue weighted by atomic mass is 10.1. The molecule has 3 nitrogen and oxygen atoms in total. The summed E-state index contributed by atoms with van der Waals surface area (Å²) in [5.74, 6) is -0.376. The van der Waals surface area contributed by atoms with E-state index in [4.69, 9.17) is 5.11 Å². The number of carbonyl (C=O) groups is 1. The first kappa shape index (κ1) is 13.6. The summed E-state index contributed by atoms with van der Waals surface area (Å²) in [7, 11) is 1.77. The zero-order valence-electron chi connectivity index (χ0n) is 10.0. The van der Waals surface area contributed by atoms with Gasteiger partial charge in [-0.2, -0.15) is 0 Å². The Morgan fingerprint density at radius 2 is 2.12 bits per heavy atom. The average molecular weight is 239 g/mol. The molecule has 0 bridgehead atoms. The molecule has 0 spiro atoms. The van der Waals surface area contributed by atoms with Crippen LogP contribution in [0.3, 0.4) is 0 Å². The standard InChI is InChI=1S/C13H18FNO2/c1-15(8-3-2-4-9-16)13-11(10-17)6-5-7-12(13)14/h5-7,10,16H,2-4,8-9H2,1H3. The lowest BCUT2D eigenvalue weighted by Crippen LogP contribution is -2.21. The van der Waals surface area contributed by atoms with E-state index in [1.54, 1.807) is 18.0 Å². The molecule has 94 valence electrons. The third-order valence-electron chi connectivity index (χ3n) is 2.68. The molecule has 1 rings (SSSR count). The Balaban J connectivity index is 2.67. The van der Waals surface area contributed by atoms with Gasteiger partial charge in [-0.15, -0.1) is 0 Å². The van der Waals surface area contributed by atoms with Crippen molar-refractivity contribution in [1.82, 2.24) is 0 Å². The predicted octanol–water partition coefficient (Wildman–Crippen LogP) is 2.24. The summed E-state index contributed by atoms with van der Waals surface area (Å²) in [4.78, 5) is 12.6. The highest BCUT2D eigenvalue weighted by Crippen LogP contribution is 2.22. The maximum Gasteiger partial charge on any atom is 0.152 e. The molecule has 4 heteroatoms. The quantitative estimate of drug-likeness (QED) is 0.586. The molecule has 1 N–H and O–H groups in total.